The lowest BCUT2D eigenvalue weighted by molar-refractivity contribution is -0.190. The van der Waals surface area contributed by atoms with Crippen LogP contribution in [0.15, 0.2) is 6.20 Å². The average molecular weight is 377 g/mol. The van der Waals surface area contributed by atoms with Crippen molar-refractivity contribution < 1.29 is 28.2 Å². The van der Waals surface area contributed by atoms with Crippen molar-refractivity contribution in [2.45, 2.75) is 44.1 Å². The van der Waals surface area contributed by atoms with E-state index < -0.39 is 38.5 Å². The Morgan fingerprint density at radius 1 is 1.54 bits per heavy atom. The maximum atomic E-state index is 10.8. The number of rotatable bonds is 4. The fourth-order valence-electron chi connectivity index (χ4n) is 2.97. The lowest BCUT2D eigenvalue weighted by Gasteiger charge is -2.23. The van der Waals surface area contributed by atoms with Gasteiger partial charge in [-0.25, -0.2) is 0 Å². The standard InChI is InChI=1S/C12H17N4O6PS/c1-12(2)21-8-6(4-19-23(17)18)20-7(9(8)22-12)5-3-15-16(10(5)13)11(14)24/h3,6-9H,4H2,1-2H3,(H4-,13,14,15,17,18,24)/p+1/t6-,7+,8+,9?/m1/s1. The minimum Gasteiger partial charge on any atom is -0.383 e. The van der Waals surface area contributed by atoms with Crippen LogP contribution in [0.25, 0.3) is 0 Å². The second kappa shape index (κ2) is 6.26. The fourth-order valence-corrected chi connectivity index (χ4v) is 3.39. The van der Waals surface area contributed by atoms with Gasteiger partial charge in [0, 0.05) is 10.1 Å². The highest BCUT2D eigenvalue weighted by Crippen LogP contribution is 2.46. The second-order valence-electron chi connectivity index (χ2n) is 5.93. The summed E-state index contributed by atoms with van der Waals surface area (Å²) in [5, 5.41) is 4.05. The molecule has 5 N–H and O–H groups in total. The molecule has 132 valence electrons. The van der Waals surface area contributed by atoms with E-state index in [1.165, 1.54) is 10.9 Å². The molecule has 3 rings (SSSR count). The molecule has 0 bridgehead atoms. The molecule has 12 heteroatoms. The lowest BCUT2D eigenvalue weighted by Crippen LogP contribution is -2.32. The van der Waals surface area contributed by atoms with Gasteiger partial charge >= 0.3 is 8.25 Å². The third-order valence-corrected chi connectivity index (χ3v) is 4.39. The molecule has 10 nitrogen and oxygen atoms in total. The largest absolute Gasteiger partial charge is 0.694 e. The molecular weight excluding hydrogens is 359 g/mol. The van der Waals surface area contributed by atoms with E-state index in [1.54, 1.807) is 13.8 Å². The van der Waals surface area contributed by atoms with Gasteiger partial charge in [-0.05, 0) is 26.1 Å². The van der Waals surface area contributed by atoms with Crippen LogP contribution in [0.5, 0.6) is 0 Å². The third-order valence-electron chi connectivity index (χ3n) is 3.85. The number of thiocarbonyl (C=S) groups is 1. The summed E-state index contributed by atoms with van der Waals surface area (Å²) >= 11 is 4.88. The van der Waals surface area contributed by atoms with Crippen LogP contribution in [-0.2, 0) is 23.3 Å². The van der Waals surface area contributed by atoms with Gasteiger partial charge in [-0.15, -0.1) is 9.42 Å². The van der Waals surface area contributed by atoms with Crippen molar-refractivity contribution in [3.8, 4) is 0 Å². The van der Waals surface area contributed by atoms with Gasteiger partial charge in [-0.3, -0.25) is 0 Å². The van der Waals surface area contributed by atoms with Crippen LogP contribution in [0.2, 0.25) is 0 Å². The summed E-state index contributed by atoms with van der Waals surface area (Å²) in [6.07, 6.45) is -0.643. The van der Waals surface area contributed by atoms with Crippen molar-refractivity contribution in [1.82, 2.24) is 9.78 Å². The zero-order valence-corrected chi connectivity index (χ0v) is 14.7. The van der Waals surface area contributed by atoms with Gasteiger partial charge in [-0.2, -0.15) is 9.78 Å². The number of nitrogens with zero attached hydrogens (tertiary/aromatic N) is 2. The Hall–Kier alpha value is -1.20. The Morgan fingerprint density at radius 2 is 2.21 bits per heavy atom. The number of fused-ring (bicyclic) bond motifs is 1. The summed E-state index contributed by atoms with van der Waals surface area (Å²) in [5.41, 5.74) is 12.2. The van der Waals surface area contributed by atoms with Crippen molar-refractivity contribution in [3.63, 3.8) is 0 Å². The third kappa shape index (κ3) is 3.16. The van der Waals surface area contributed by atoms with E-state index in [2.05, 4.69) is 5.10 Å². The molecule has 5 atom stereocenters. The molecule has 2 saturated heterocycles. The summed E-state index contributed by atoms with van der Waals surface area (Å²) < 4.78 is 34.4. The van der Waals surface area contributed by atoms with E-state index in [9.17, 15) is 4.57 Å². The van der Waals surface area contributed by atoms with Gasteiger partial charge in [0.2, 0.25) is 0 Å². The molecule has 0 spiro atoms. The maximum Gasteiger partial charge on any atom is 0.694 e. The molecule has 1 aromatic rings. The Bertz CT molecular complexity index is 683. The van der Waals surface area contributed by atoms with Crippen molar-refractivity contribution in [3.05, 3.63) is 11.8 Å². The molecule has 0 saturated carbocycles. The molecule has 2 fully saturated rings. The predicted molar refractivity (Wildman–Crippen MR) is 86.0 cm³/mol. The number of nitrogen functional groups attached to an aromatic ring is 1. The van der Waals surface area contributed by atoms with E-state index >= 15 is 0 Å². The zero-order chi connectivity index (χ0) is 17.6. The minimum atomic E-state index is -2.74. The van der Waals surface area contributed by atoms with E-state index in [-0.39, 0.29) is 17.5 Å². The molecular formula is C12H18N4O6PS+. The molecule has 0 aliphatic carbocycles. The smallest absolute Gasteiger partial charge is 0.383 e. The van der Waals surface area contributed by atoms with Crippen LogP contribution in [0.3, 0.4) is 0 Å². The Kier molecular flexibility index (Phi) is 4.60. The van der Waals surface area contributed by atoms with Crippen LogP contribution >= 0.6 is 20.5 Å². The van der Waals surface area contributed by atoms with E-state index in [1.807, 2.05) is 0 Å². The first kappa shape index (κ1) is 17.6. The van der Waals surface area contributed by atoms with Gasteiger partial charge in [0.1, 0.15) is 36.8 Å². The van der Waals surface area contributed by atoms with Gasteiger partial charge < -0.3 is 25.7 Å². The van der Waals surface area contributed by atoms with E-state index in [0.717, 1.165) is 0 Å². The fraction of sp³-hybridized carbons (Fsp3) is 0.667. The monoisotopic (exact) mass is 377 g/mol. The molecule has 2 aliphatic rings. The summed E-state index contributed by atoms with van der Waals surface area (Å²) in [6.45, 7) is 3.43. The van der Waals surface area contributed by atoms with Crippen LogP contribution in [0.1, 0.15) is 25.5 Å². The molecule has 2 unspecified atom stereocenters. The summed E-state index contributed by atoms with van der Waals surface area (Å²) in [6, 6.07) is 0. The van der Waals surface area contributed by atoms with Crippen LogP contribution < -0.4 is 11.5 Å². The summed E-state index contributed by atoms with van der Waals surface area (Å²) in [7, 11) is -2.74. The topological polar surface area (TPSA) is 144 Å². The van der Waals surface area contributed by atoms with Crippen LogP contribution in [0, 0.1) is 0 Å². The molecule has 2 aliphatic heterocycles. The highest BCUT2D eigenvalue weighted by Gasteiger charge is 2.56. The molecule has 0 radical (unpaired) electrons. The van der Waals surface area contributed by atoms with Gasteiger partial charge in [0.15, 0.2) is 10.9 Å². The Balaban J connectivity index is 1.88. The van der Waals surface area contributed by atoms with Gasteiger partial charge in [0.05, 0.1) is 6.20 Å². The Morgan fingerprint density at radius 3 is 2.79 bits per heavy atom. The quantitative estimate of drug-likeness (QED) is 0.491. The SMILES string of the molecule is CC1(C)OC2[C@@H](O1)[C@@H](CO[P+](=O)O)O[C@H]2c1cnn(C(N)=S)c1N. The van der Waals surface area contributed by atoms with Crippen molar-refractivity contribution >= 4 is 31.4 Å². The van der Waals surface area contributed by atoms with Gasteiger partial charge in [-0.1, -0.05) is 0 Å². The maximum absolute atomic E-state index is 10.8. The predicted octanol–water partition coefficient (Wildman–Crippen LogP) is 0.183. The molecule has 0 amide bonds. The summed E-state index contributed by atoms with van der Waals surface area (Å²) in [5.74, 6) is -0.584. The molecule has 24 heavy (non-hydrogen) atoms. The Labute approximate surface area is 143 Å². The molecule has 3 heterocycles. The number of hydrogen-bond acceptors (Lipinski definition) is 8. The first-order valence-electron chi connectivity index (χ1n) is 7.13. The zero-order valence-electron chi connectivity index (χ0n) is 13.0. The number of aromatic nitrogens is 2. The highest BCUT2D eigenvalue weighted by molar-refractivity contribution is 7.80. The number of hydrogen-bond donors (Lipinski definition) is 3. The highest BCUT2D eigenvalue weighted by atomic mass is 32.1. The van der Waals surface area contributed by atoms with E-state index in [4.69, 9.17) is 47.3 Å². The first-order valence-corrected chi connectivity index (χ1v) is 8.67. The number of anilines is 1. The van der Waals surface area contributed by atoms with Crippen LogP contribution in [-0.4, -0.2) is 50.5 Å². The van der Waals surface area contributed by atoms with Crippen molar-refractivity contribution in [2.75, 3.05) is 12.3 Å². The molecule has 1 aromatic heterocycles. The van der Waals surface area contributed by atoms with E-state index in [0.29, 0.717) is 5.56 Å². The van der Waals surface area contributed by atoms with Crippen LogP contribution in [0.4, 0.5) is 5.82 Å². The minimum absolute atomic E-state index is 0.00868. The average Bonchev–Trinajstić information content (AvgIpc) is 3.07. The molecule has 0 aromatic carbocycles. The number of nitrogens with two attached hydrogens (primary N) is 2. The first-order chi connectivity index (χ1) is 11.2. The summed E-state index contributed by atoms with van der Waals surface area (Å²) in [4.78, 5) is 8.85. The normalized spacial score (nSPS) is 31.9. The second-order valence-corrected chi connectivity index (χ2v) is 7.08. The van der Waals surface area contributed by atoms with Crippen molar-refractivity contribution in [1.29, 1.82) is 0 Å². The van der Waals surface area contributed by atoms with Crippen molar-refractivity contribution in [2.24, 2.45) is 5.73 Å². The lowest BCUT2D eigenvalue weighted by atomic mass is 10.0. The van der Waals surface area contributed by atoms with Gasteiger partial charge in [0.25, 0.3) is 0 Å². The number of ether oxygens (including phenoxy) is 3.